The second-order valence-corrected chi connectivity index (χ2v) is 2.99. The van der Waals surface area contributed by atoms with Gasteiger partial charge in [0.25, 0.3) is 0 Å². The molecule has 3 nitrogen and oxygen atoms in total. The Morgan fingerprint density at radius 2 is 2.25 bits per heavy atom. The summed E-state index contributed by atoms with van der Waals surface area (Å²) in [4.78, 5) is 4.05. The highest BCUT2D eigenvalue weighted by molar-refractivity contribution is 5.87. The normalized spacial score (nSPS) is 19.2. The van der Waals surface area contributed by atoms with Crippen LogP contribution in [0.5, 0.6) is 0 Å². The molecular formula is C9H10N2O. The van der Waals surface area contributed by atoms with Crippen LogP contribution in [0, 0.1) is 0 Å². The van der Waals surface area contributed by atoms with Crippen LogP contribution >= 0.6 is 0 Å². The van der Waals surface area contributed by atoms with Crippen LogP contribution in [-0.4, -0.2) is 15.9 Å². The van der Waals surface area contributed by atoms with Gasteiger partial charge in [-0.15, -0.1) is 0 Å². The van der Waals surface area contributed by atoms with Crippen LogP contribution in [0.15, 0.2) is 23.6 Å². The molecule has 0 saturated carbocycles. The zero-order valence-corrected chi connectivity index (χ0v) is 6.70. The molecule has 0 bridgehead atoms. The van der Waals surface area contributed by atoms with E-state index in [1.54, 1.807) is 6.20 Å². The van der Waals surface area contributed by atoms with Gasteiger partial charge in [0, 0.05) is 18.8 Å². The van der Waals surface area contributed by atoms with E-state index in [1.165, 1.54) is 11.1 Å². The van der Waals surface area contributed by atoms with Crippen LogP contribution in [0.4, 0.5) is 0 Å². The molecule has 1 N–H and O–H groups in total. The van der Waals surface area contributed by atoms with Crippen LogP contribution in [0.1, 0.15) is 17.5 Å². The van der Waals surface area contributed by atoms with Crippen molar-refractivity contribution in [1.82, 2.24) is 4.98 Å². The first-order chi connectivity index (χ1) is 5.90. The lowest BCUT2D eigenvalue weighted by Gasteiger charge is -2.14. The molecule has 0 spiro atoms. The molecule has 3 heteroatoms. The topological polar surface area (TPSA) is 45.5 Å². The number of nitrogens with zero attached hydrogens (tertiary/aromatic N) is 2. The summed E-state index contributed by atoms with van der Waals surface area (Å²) in [5.41, 5.74) is 3.39. The van der Waals surface area contributed by atoms with E-state index in [9.17, 15) is 0 Å². The quantitative estimate of drug-likeness (QED) is 0.463. The first kappa shape index (κ1) is 7.28. The monoisotopic (exact) mass is 162 g/mol. The molecule has 1 heterocycles. The van der Waals surface area contributed by atoms with Crippen molar-refractivity contribution in [3.8, 4) is 0 Å². The second-order valence-electron chi connectivity index (χ2n) is 2.99. The lowest BCUT2D eigenvalue weighted by atomic mass is 9.92. The molecular weight excluding hydrogens is 152 g/mol. The molecule has 2 rings (SSSR count). The smallest absolute Gasteiger partial charge is 0.0617 e. The van der Waals surface area contributed by atoms with Gasteiger partial charge < -0.3 is 5.21 Å². The highest BCUT2D eigenvalue weighted by Gasteiger charge is 2.13. The third-order valence-electron chi connectivity index (χ3n) is 2.22. The molecule has 1 aliphatic rings. The summed E-state index contributed by atoms with van der Waals surface area (Å²) in [7, 11) is 0. The maximum atomic E-state index is 8.59. The molecule has 0 radical (unpaired) electrons. The van der Waals surface area contributed by atoms with Crippen LogP contribution in [0.3, 0.4) is 0 Å². The summed E-state index contributed by atoms with van der Waals surface area (Å²) in [5, 5.41) is 11.8. The predicted octanol–water partition coefficient (Wildman–Crippen LogP) is 1.40. The van der Waals surface area contributed by atoms with Crippen LogP contribution in [0.25, 0.3) is 0 Å². The summed E-state index contributed by atoms with van der Waals surface area (Å²) >= 11 is 0. The number of fused-ring (bicyclic) bond motifs is 1. The van der Waals surface area contributed by atoms with Gasteiger partial charge in [-0.05, 0) is 30.0 Å². The number of pyridine rings is 1. The van der Waals surface area contributed by atoms with Crippen molar-refractivity contribution in [3.05, 3.63) is 29.6 Å². The van der Waals surface area contributed by atoms with Crippen molar-refractivity contribution in [2.45, 2.75) is 19.3 Å². The standard InChI is InChI=1S/C9H10N2O/c12-11-9-2-1-8-6-10-4-3-7(8)5-9/h3-4,6,12H,1-2,5H2/b11-9+. The van der Waals surface area contributed by atoms with E-state index in [4.69, 9.17) is 5.21 Å². The van der Waals surface area contributed by atoms with Gasteiger partial charge in [-0.2, -0.15) is 0 Å². The van der Waals surface area contributed by atoms with Gasteiger partial charge in [0.05, 0.1) is 5.71 Å². The van der Waals surface area contributed by atoms with Crippen molar-refractivity contribution in [1.29, 1.82) is 0 Å². The van der Waals surface area contributed by atoms with E-state index in [1.807, 2.05) is 12.3 Å². The van der Waals surface area contributed by atoms with Gasteiger partial charge in [0.1, 0.15) is 0 Å². The lowest BCUT2D eigenvalue weighted by molar-refractivity contribution is 0.316. The van der Waals surface area contributed by atoms with Crippen molar-refractivity contribution in [2.75, 3.05) is 0 Å². The average Bonchev–Trinajstić information content (AvgIpc) is 2.17. The van der Waals surface area contributed by atoms with Crippen molar-refractivity contribution < 1.29 is 5.21 Å². The van der Waals surface area contributed by atoms with E-state index in [-0.39, 0.29) is 0 Å². The Balaban J connectivity index is 2.35. The van der Waals surface area contributed by atoms with E-state index in [0.717, 1.165) is 25.0 Å². The molecule has 0 saturated heterocycles. The lowest BCUT2D eigenvalue weighted by Crippen LogP contribution is -2.13. The number of oxime groups is 1. The van der Waals surface area contributed by atoms with Crippen molar-refractivity contribution >= 4 is 5.71 Å². The molecule has 1 aliphatic carbocycles. The first-order valence-electron chi connectivity index (χ1n) is 4.01. The zero-order valence-electron chi connectivity index (χ0n) is 6.70. The Kier molecular flexibility index (Phi) is 1.78. The fourth-order valence-corrected chi connectivity index (χ4v) is 1.53. The summed E-state index contributed by atoms with van der Waals surface area (Å²) < 4.78 is 0. The number of hydrogen-bond donors (Lipinski definition) is 1. The van der Waals surface area contributed by atoms with Crippen LogP contribution in [0.2, 0.25) is 0 Å². The van der Waals surface area contributed by atoms with Gasteiger partial charge in [-0.1, -0.05) is 5.16 Å². The molecule has 0 aromatic carbocycles. The molecule has 0 amide bonds. The van der Waals surface area contributed by atoms with Gasteiger partial charge >= 0.3 is 0 Å². The number of aryl methyl sites for hydroxylation is 1. The fraction of sp³-hybridized carbons (Fsp3) is 0.333. The Morgan fingerprint density at radius 1 is 1.33 bits per heavy atom. The molecule has 0 fully saturated rings. The molecule has 0 aliphatic heterocycles. The van der Waals surface area contributed by atoms with E-state index < -0.39 is 0 Å². The highest BCUT2D eigenvalue weighted by Crippen LogP contribution is 2.17. The summed E-state index contributed by atoms with van der Waals surface area (Å²) in [6.07, 6.45) is 6.24. The Morgan fingerprint density at radius 3 is 3.08 bits per heavy atom. The number of aromatic nitrogens is 1. The molecule has 12 heavy (non-hydrogen) atoms. The Labute approximate surface area is 70.7 Å². The van der Waals surface area contributed by atoms with Crippen molar-refractivity contribution in [3.63, 3.8) is 0 Å². The van der Waals surface area contributed by atoms with Crippen LogP contribution in [-0.2, 0) is 12.8 Å². The SMILES string of the molecule is O/N=C1\CCc2cnccc2C1. The molecule has 1 aromatic heterocycles. The van der Waals surface area contributed by atoms with E-state index in [0.29, 0.717) is 0 Å². The van der Waals surface area contributed by atoms with Crippen LogP contribution < -0.4 is 0 Å². The Bertz CT molecular complexity index is 320. The largest absolute Gasteiger partial charge is 0.411 e. The maximum absolute atomic E-state index is 8.59. The molecule has 1 aromatic rings. The summed E-state index contributed by atoms with van der Waals surface area (Å²) in [5.74, 6) is 0. The highest BCUT2D eigenvalue weighted by atomic mass is 16.4. The minimum atomic E-state index is 0.772. The minimum absolute atomic E-state index is 0.772. The van der Waals surface area contributed by atoms with Gasteiger partial charge in [-0.3, -0.25) is 4.98 Å². The third kappa shape index (κ3) is 1.18. The number of rotatable bonds is 0. The first-order valence-corrected chi connectivity index (χ1v) is 4.01. The Hall–Kier alpha value is -1.38. The molecule has 0 atom stereocenters. The van der Waals surface area contributed by atoms with Crippen molar-refractivity contribution in [2.24, 2.45) is 5.16 Å². The van der Waals surface area contributed by atoms with E-state index in [2.05, 4.69) is 10.1 Å². The molecule has 0 unspecified atom stereocenters. The zero-order chi connectivity index (χ0) is 8.39. The summed E-state index contributed by atoms with van der Waals surface area (Å²) in [6.45, 7) is 0. The third-order valence-corrected chi connectivity index (χ3v) is 2.22. The minimum Gasteiger partial charge on any atom is -0.411 e. The predicted molar refractivity (Wildman–Crippen MR) is 45.5 cm³/mol. The number of hydrogen-bond acceptors (Lipinski definition) is 3. The molecule has 62 valence electrons. The maximum Gasteiger partial charge on any atom is 0.0617 e. The average molecular weight is 162 g/mol. The summed E-state index contributed by atoms with van der Waals surface area (Å²) in [6, 6.07) is 1.99. The van der Waals surface area contributed by atoms with Gasteiger partial charge in [0.2, 0.25) is 0 Å². The van der Waals surface area contributed by atoms with Gasteiger partial charge in [-0.25, -0.2) is 0 Å². The fourth-order valence-electron chi connectivity index (χ4n) is 1.53. The van der Waals surface area contributed by atoms with Gasteiger partial charge in [0.15, 0.2) is 0 Å². The second kappa shape index (κ2) is 2.93. The van der Waals surface area contributed by atoms with E-state index >= 15 is 0 Å².